The molecule has 1 N–H and O–H groups in total. The summed E-state index contributed by atoms with van der Waals surface area (Å²) in [6.45, 7) is 8.72. The minimum atomic E-state index is 0.726. The van der Waals surface area contributed by atoms with Gasteiger partial charge in [0.2, 0.25) is 0 Å². The number of pyridine rings is 1. The van der Waals surface area contributed by atoms with Crippen LogP contribution in [0, 0.1) is 6.92 Å². The SMILES string of the molecule is CCN(Cc1cccc(C)n1)C1CCNCC1. The van der Waals surface area contributed by atoms with Crippen molar-refractivity contribution in [1.29, 1.82) is 0 Å². The molecule has 0 amide bonds. The monoisotopic (exact) mass is 233 g/mol. The summed E-state index contributed by atoms with van der Waals surface area (Å²) in [5, 5.41) is 3.42. The molecule has 0 spiro atoms. The molecule has 2 heterocycles. The number of aryl methyl sites for hydroxylation is 1. The molecule has 0 atom stereocenters. The molecule has 2 rings (SSSR count). The number of nitrogens with zero attached hydrogens (tertiary/aromatic N) is 2. The van der Waals surface area contributed by atoms with Crippen LogP contribution in [0.4, 0.5) is 0 Å². The van der Waals surface area contributed by atoms with Gasteiger partial charge in [-0.1, -0.05) is 13.0 Å². The lowest BCUT2D eigenvalue weighted by atomic mass is 10.0. The molecule has 0 unspecified atom stereocenters. The molecule has 0 aromatic carbocycles. The van der Waals surface area contributed by atoms with Crippen LogP contribution in [-0.2, 0) is 6.54 Å². The second-order valence-corrected chi connectivity index (χ2v) is 4.81. The van der Waals surface area contributed by atoms with E-state index in [1.807, 2.05) is 0 Å². The van der Waals surface area contributed by atoms with Gasteiger partial charge in [0.05, 0.1) is 5.69 Å². The van der Waals surface area contributed by atoms with Crippen LogP contribution >= 0.6 is 0 Å². The number of nitrogens with one attached hydrogen (secondary N) is 1. The van der Waals surface area contributed by atoms with E-state index in [9.17, 15) is 0 Å². The summed E-state index contributed by atoms with van der Waals surface area (Å²) >= 11 is 0. The minimum Gasteiger partial charge on any atom is -0.317 e. The van der Waals surface area contributed by atoms with Gasteiger partial charge in [-0.05, 0) is 51.5 Å². The van der Waals surface area contributed by atoms with Gasteiger partial charge in [-0.25, -0.2) is 0 Å². The maximum atomic E-state index is 4.60. The number of piperidine rings is 1. The first kappa shape index (κ1) is 12.5. The lowest BCUT2D eigenvalue weighted by molar-refractivity contribution is 0.160. The van der Waals surface area contributed by atoms with Crippen molar-refractivity contribution in [2.24, 2.45) is 0 Å². The highest BCUT2D eigenvalue weighted by atomic mass is 15.2. The molecule has 0 saturated carbocycles. The van der Waals surface area contributed by atoms with Gasteiger partial charge in [-0.2, -0.15) is 0 Å². The Labute approximate surface area is 104 Å². The molecule has 0 aliphatic carbocycles. The lowest BCUT2D eigenvalue weighted by Gasteiger charge is -2.33. The highest BCUT2D eigenvalue weighted by molar-refractivity contribution is 5.10. The van der Waals surface area contributed by atoms with Crippen molar-refractivity contribution in [3.05, 3.63) is 29.6 Å². The molecule has 94 valence electrons. The Morgan fingerprint density at radius 2 is 2.12 bits per heavy atom. The molecule has 0 bridgehead atoms. The fourth-order valence-electron chi connectivity index (χ4n) is 2.57. The topological polar surface area (TPSA) is 28.2 Å². The zero-order valence-corrected chi connectivity index (χ0v) is 10.9. The van der Waals surface area contributed by atoms with Crippen molar-refractivity contribution < 1.29 is 0 Å². The summed E-state index contributed by atoms with van der Waals surface area (Å²) in [6.07, 6.45) is 2.53. The van der Waals surface area contributed by atoms with Crippen LogP contribution in [0.1, 0.15) is 31.2 Å². The molecule has 1 aliphatic heterocycles. The third kappa shape index (κ3) is 3.51. The first-order chi connectivity index (χ1) is 8.29. The van der Waals surface area contributed by atoms with Crippen LogP contribution in [0.15, 0.2) is 18.2 Å². The molecule has 1 aliphatic rings. The van der Waals surface area contributed by atoms with E-state index >= 15 is 0 Å². The number of aromatic nitrogens is 1. The van der Waals surface area contributed by atoms with Gasteiger partial charge in [0.15, 0.2) is 0 Å². The van der Waals surface area contributed by atoms with E-state index in [2.05, 4.69) is 47.2 Å². The maximum absolute atomic E-state index is 4.60. The fourth-order valence-corrected chi connectivity index (χ4v) is 2.57. The van der Waals surface area contributed by atoms with E-state index in [0.29, 0.717) is 0 Å². The van der Waals surface area contributed by atoms with Crippen LogP contribution < -0.4 is 5.32 Å². The molecule has 3 heteroatoms. The number of hydrogen-bond acceptors (Lipinski definition) is 3. The van der Waals surface area contributed by atoms with Crippen molar-refractivity contribution in [3.63, 3.8) is 0 Å². The third-order valence-corrected chi connectivity index (χ3v) is 3.54. The predicted molar refractivity (Wildman–Crippen MR) is 70.9 cm³/mol. The Kier molecular flexibility index (Phi) is 4.51. The van der Waals surface area contributed by atoms with E-state index in [1.165, 1.54) is 18.5 Å². The van der Waals surface area contributed by atoms with Gasteiger partial charge in [0.1, 0.15) is 0 Å². The van der Waals surface area contributed by atoms with E-state index in [0.717, 1.165) is 37.9 Å². The zero-order valence-electron chi connectivity index (χ0n) is 10.9. The maximum Gasteiger partial charge on any atom is 0.0547 e. The first-order valence-corrected chi connectivity index (χ1v) is 6.67. The summed E-state index contributed by atoms with van der Waals surface area (Å²) in [6, 6.07) is 7.03. The van der Waals surface area contributed by atoms with Crippen LogP contribution in [-0.4, -0.2) is 35.6 Å². The van der Waals surface area contributed by atoms with E-state index in [1.54, 1.807) is 0 Å². The molecule has 1 aromatic rings. The Hall–Kier alpha value is -0.930. The Morgan fingerprint density at radius 1 is 1.35 bits per heavy atom. The Morgan fingerprint density at radius 3 is 2.76 bits per heavy atom. The predicted octanol–water partition coefficient (Wildman–Crippen LogP) is 1.96. The largest absolute Gasteiger partial charge is 0.317 e. The van der Waals surface area contributed by atoms with Crippen LogP contribution in [0.3, 0.4) is 0 Å². The summed E-state index contributed by atoms with van der Waals surface area (Å²) in [5.41, 5.74) is 2.31. The van der Waals surface area contributed by atoms with Crippen molar-refractivity contribution >= 4 is 0 Å². The highest BCUT2D eigenvalue weighted by Gasteiger charge is 2.19. The minimum absolute atomic E-state index is 0.726. The molecular formula is C14H23N3. The smallest absolute Gasteiger partial charge is 0.0547 e. The third-order valence-electron chi connectivity index (χ3n) is 3.54. The van der Waals surface area contributed by atoms with Crippen LogP contribution in [0.2, 0.25) is 0 Å². The molecule has 17 heavy (non-hydrogen) atoms. The van der Waals surface area contributed by atoms with E-state index < -0.39 is 0 Å². The summed E-state index contributed by atoms with van der Waals surface area (Å²) < 4.78 is 0. The summed E-state index contributed by atoms with van der Waals surface area (Å²) in [7, 11) is 0. The number of rotatable bonds is 4. The van der Waals surface area contributed by atoms with Crippen molar-refractivity contribution in [2.45, 2.75) is 39.3 Å². The second-order valence-electron chi connectivity index (χ2n) is 4.81. The first-order valence-electron chi connectivity index (χ1n) is 6.67. The van der Waals surface area contributed by atoms with Gasteiger partial charge in [0.25, 0.3) is 0 Å². The van der Waals surface area contributed by atoms with E-state index in [4.69, 9.17) is 0 Å². The summed E-state index contributed by atoms with van der Waals surface area (Å²) in [5.74, 6) is 0. The van der Waals surface area contributed by atoms with Crippen LogP contribution in [0.25, 0.3) is 0 Å². The molecule has 3 nitrogen and oxygen atoms in total. The van der Waals surface area contributed by atoms with Gasteiger partial charge >= 0.3 is 0 Å². The van der Waals surface area contributed by atoms with Crippen molar-refractivity contribution in [3.8, 4) is 0 Å². The molecular weight excluding hydrogens is 210 g/mol. The summed E-state index contributed by atoms with van der Waals surface area (Å²) in [4.78, 5) is 7.16. The zero-order chi connectivity index (χ0) is 12.1. The second kappa shape index (κ2) is 6.12. The average Bonchev–Trinajstić information content (AvgIpc) is 2.37. The van der Waals surface area contributed by atoms with Crippen molar-refractivity contribution in [1.82, 2.24) is 15.2 Å². The van der Waals surface area contributed by atoms with Gasteiger partial charge in [0, 0.05) is 18.3 Å². The molecule has 1 aromatic heterocycles. The van der Waals surface area contributed by atoms with E-state index in [-0.39, 0.29) is 0 Å². The van der Waals surface area contributed by atoms with Gasteiger partial charge in [-0.15, -0.1) is 0 Å². The van der Waals surface area contributed by atoms with Crippen molar-refractivity contribution in [2.75, 3.05) is 19.6 Å². The lowest BCUT2D eigenvalue weighted by Crippen LogP contribution is -2.42. The fraction of sp³-hybridized carbons (Fsp3) is 0.643. The Bertz CT molecular complexity index is 345. The average molecular weight is 233 g/mol. The van der Waals surface area contributed by atoms with Gasteiger partial charge < -0.3 is 5.32 Å². The normalized spacial score (nSPS) is 17.6. The quantitative estimate of drug-likeness (QED) is 0.861. The van der Waals surface area contributed by atoms with Crippen LogP contribution in [0.5, 0.6) is 0 Å². The van der Waals surface area contributed by atoms with Gasteiger partial charge in [-0.3, -0.25) is 9.88 Å². The Balaban J connectivity index is 1.98. The highest BCUT2D eigenvalue weighted by Crippen LogP contribution is 2.14. The molecule has 0 radical (unpaired) electrons. The number of hydrogen-bond donors (Lipinski definition) is 1. The standard InChI is InChI=1S/C14H23N3/c1-3-17(14-7-9-15-10-8-14)11-13-6-4-5-12(2)16-13/h4-6,14-15H,3,7-11H2,1-2H3. The molecule has 1 fully saturated rings. The molecule has 1 saturated heterocycles.